The van der Waals surface area contributed by atoms with E-state index in [2.05, 4.69) is 10.6 Å². The van der Waals surface area contributed by atoms with Crippen LogP contribution >= 0.6 is 0 Å². The van der Waals surface area contributed by atoms with Crippen molar-refractivity contribution in [3.05, 3.63) is 48.0 Å². The summed E-state index contributed by atoms with van der Waals surface area (Å²) in [6, 6.07) is 13.5. The summed E-state index contributed by atoms with van der Waals surface area (Å²) in [7, 11) is 0. The number of benzene rings is 2. The van der Waals surface area contributed by atoms with Crippen LogP contribution in [0.15, 0.2) is 42.5 Å². The number of fused-ring (bicyclic) bond motifs is 1. The van der Waals surface area contributed by atoms with E-state index in [1.54, 1.807) is 49.4 Å². The van der Waals surface area contributed by atoms with Gasteiger partial charge in [0.2, 0.25) is 0 Å². The van der Waals surface area contributed by atoms with Crippen molar-refractivity contribution < 1.29 is 19.1 Å². The van der Waals surface area contributed by atoms with E-state index in [1.807, 2.05) is 6.07 Å². The molecule has 2 aromatic carbocycles. The molecule has 1 atom stereocenters. The van der Waals surface area contributed by atoms with E-state index < -0.39 is 6.10 Å². The molecule has 0 radical (unpaired) electrons. The second kappa shape index (κ2) is 6.93. The summed E-state index contributed by atoms with van der Waals surface area (Å²) in [4.78, 5) is 23.6. The largest absolute Gasteiger partial charge is 0.484 e. The van der Waals surface area contributed by atoms with Crippen molar-refractivity contribution in [2.75, 3.05) is 17.2 Å². The highest BCUT2D eigenvalue weighted by atomic mass is 16.5. The Morgan fingerprint density at radius 3 is 2.80 bits per heavy atom. The zero-order valence-corrected chi connectivity index (χ0v) is 13.4. The van der Waals surface area contributed by atoms with Gasteiger partial charge in [-0.2, -0.15) is 5.26 Å². The summed E-state index contributed by atoms with van der Waals surface area (Å²) in [6.45, 7) is 1.48. The Kier molecular flexibility index (Phi) is 4.53. The van der Waals surface area contributed by atoms with Gasteiger partial charge in [-0.05, 0) is 49.4 Å². The highest BCUT2D eigenvalue weighted by Crippen LogP contribution is 2.32. The first-order chi connectivity index (χ1) is 12.0. The molecule has 1 unspecified atom stereocenters. The highest BCUT2D eigenvalue weighted by Gasteiger charge is 2.23. The number of hydrogen-bond acceptors (Lipinski definition) is 5. The van der Waals surface area contributed by atoms with Crippen LogP contribution in [0.3, 0.4) is 0 Å². The van der Waals surface area contributed by atoms with Crippen LogP contribution in [0, 0.1) is 11.3 Å². The minimum atomic E-state index is -0.547. The fourth-order valence-corrected chi connectivity index (χ4v) is 2.26. The maximum atomic E-state index is 12.0. The van der Waals surface area contributed by atoms with E-state index in [-0.39, 0.29) is 18.4 Å². The fourth-order valence-electron chi connectivity index (χ4n) is 2.26. The first-order valence-electron chi connectivity index (χ1n) is 7.59. The van der Waals surface area contributed by atoms with Crippen LogP contribution in [0.5, 0.6) is 11.5 Å². The second-order valence-electron chi connectivity index (χ2n) is 5.43. The lowest BCUT2D eigenvalue weighted by atomic mass is 10.2. The van der Waals surface area contributed by atoms with Crippen molar-refractivity contribution in [3.63, 3.8) is 0 Å². The van der Waals surface area contributed by atoms with Crippen molar-refractivity contribution in [2.45, 2.75) is 13.0 Å². The number of carbonyl (C=O) groups excluding carboxylic acids is 2. The molecule has 0 spiro atoms. The summed E-state index contributed by atoms with van der Waals surface area (Å²) in [6.07, 6.45) is -0.547. The minimum absolute atomic E-state index is 0.178. The lowest BCUT2D eigenvalue weighted by Crippen LogP contribution is -2.34. The Morgan fingerprint density at radius 2 is 2.08 bits per heavy atom. The molecule has 1 aliphatic rings. The van der Waals surface area contributed by atoms with Crippen LogP contribution in [0.1, 0.15) is 12.5 Å². The summed E-state index contributed by atoms with van der Waals surface area (Å²) >= 11 is 0. The molecule has 25 heavy (non-hydrogen) atoms. The molecule has 3 rings (SSSR count). The minimum Gasteiger partial charge on any atom is -0.484 e. The van der Waals surface area contributed by atoms with E-state index in [0.717, 1.165) is 0 Å². The van der Waals surface area contributed by atoms with Crippen LogP contribution < -0.4 is 20.1 Å². The molecule has 1 heterocycles. The number of rotatable bonds is 4. The number of anilines is 2. The quantitative estimate of drug-likeness (QED) is 0.891. The van der Waals surface area contributed by atoms with Crippen LogP contribution in [0.2, 0.25) is 0 Å². The van der Waals surface area contributed by atoms with Gasteiger partial charge in [0.05, 0.1) is 17.3 Å². The van der Waals surface area contributed by atoms with Gasteiger partial charge < -0.3 is 20.1 Å². The van der Waals surface area contributed by atoms with Crippen LogP contribution in [0.4, 0.5) is 11.4 Å². The highest BCUT2D eigenvalue weighted by molar-refractivity contribution is 5.99. The molecular weight excluding hydrogens is 322 g/mol. The Morgan fingerprint density at radius 1 is 1.32 bits per heavy atom. The Balaban J connectivity index is 1.58. The van der Waals surface area contributed by atoms with Gasteiger partial charge in [0.15, 0.2) is 12.7 Å². The van der Waals surface area contributed by atoms with E-state index in [1.165, 1.54) is 0 Å². The predicted octanol–water partition coefficient (Wildman–Crippen LogP) is 2.30. The molecule has 7 heteroatoms. The van der Waals surface area contributed by atoms with Gasteiger partial charge in [-0.15, -0.1) is 0 Å². The van der Waals surface area contributed by atoms with Gasteiger partial charge in [0.1, 0.15) is 11.5 Å². The lowest BCUT2D eigenvalue weighted by molar-refractivity contribution is -0.122. The topological polar surface area (TPSA) is 100 Å². The van der Waals surface area contributed by atoms with E-state index >= 15 is 0 Å². The number of nitrogens with one attached hydrogen (secondary N) is 2. The monoisotopic (exact) mass is 337 g/mol. The number of ether oxygens (including phenoxy) is 2. The first-order valence-corrected chi connectivity index (χ1v) is 7.59. The maximum Gasteiger partial charge on any atom is 0.265 e. The Labute approximate surface area is 144 Å². The van der Waals surface area contributed by atoms with Gasteiger partial charge in [-0.3, -0.25) is 9.59 Å². The predicted molar refractivity (Wildman–Crippen MR) is 90.4 cm³/mol. The number of hydrogen-bond donors (Lipinski definition) is 2. The van der Waals surface area contributed by atoms with E-state index in [0.29, 0.717) is 28.4 Å². The molecule has 126 valence electrons. The normalized spacial score (nSPS) is 15.2. The van der Waals surface area contributed by atoms with E-state index in [4.69, 9.17) is 14.7 Å². The molecular formula is C18H15N3O4. The molecule has 2 N–H and O–H groups in total. The van der Waals surface area contributed by atoms with Crippen LogP contribution in [0.25, 0.3) is 0 Å². The summed E-state index contributed by atoms with van der Waals surface area (Å²) in [5.41, 5.74) is 1.55. The molecule has 0 fully saturated rings. The first kappa shape index (κ1) is 16.3. The van der Waals surface area contributed by atoms with E-state index in [9.17, 15) is 9.59 Å². The summed E-state index contributed by atoms with van der Waals surface area (Å²) < 4.78 is 10.8. The Bertz CT molecular complexity index is 856. The molecule has 2 aromatic rings. The molecule has 2 amide bonds. The average molecular weight is 337 g/mol. The van der Waals surface area contributed by atoms with Crippen LogP contribution in [-0.2, 0) is 9.59 Å². The van der Waals surface area contributed by atoms with Crippen molar-refractivity contribution in [3.8, 4) is 17.6 Å². The lowest BCUT2D eigenvalue weighted by Gasteiger charge is -2.23. The third kappa shape index (κ3) is 3.87. The third-order valence-electron chi connectivity index (χ3n) is 3.55. The summed E-state index contributed by atoms with van der Waals surface area (Å²) in [5, 5.41) is 14.1. The molecule has 0 bridgehead atoms. The molecule has 7 nitrogen and oxygen atoms in total. The number of carbonyl (C=O) groups is 2. The molecule has 0 aromatic heterocycles. The van der Waals surface area contributed by atoms with Crippen molar-refractivity contribution >= 4 is 23.2 Å². The van der Waals surface area contributed by atoms with Gasteiger partial charge in [-0.1, -0.05) is 0 Å². The SMILES string of the molecule is CC1Oc2ccc(NC(=O)COc3ccc(C#N)cc3)cc2NC1=O. The standard InChI is InChI=1S/C18H15N3O4/c1-11-18(23)21-15-8-13(4-7-16(15)25-11)20-17(22)10-24-14-5-2-12(9-19)3-6-14/h2-8,11H,10H2,1H3,(H,20,22)(H,21,23). The van der Waals surface area contributed by atoms with Crippen LogP contribution in [-0.4, -0.2) is 24.5 Å². The second-order valence-corrected chi connectivity index (χ2v) is 5.43. The zero-order valence-electron chi connectivity index (χ0n) is 13.4. The van der Waals surface area contributed by atoms with Gasteiger partial charge in [-0.25, -0.2) is 0 Å². The summed E-state index contributed by atoms with van der Waals surface area (Å²) in [5.74, 6) is 0.467. The molecule has 1 aliphatic heterocycles. The third-order valence-corrected chi connectivity index (χ3v) is 3.55. The van der Waals surface area contributed by atoms with Gasteiger partial charge >= 0.3 is 0 Å². The van der Waals surface area contributed by atoms with Gasteiger partial charge in [0.25, 0.3) is 11.8 Å². The Hall–Kier alpha value is -3.53. The van der Waals surface area contributed by atoms with Crippen molar-refractivity contribution in [2.24, 2.45) is 0 Å². The number of nitriles is 1. The zero-order chi connectivity index (χ0) is 17.8. The smallest absolute Gasteiger partial charge is 0.265 e. The molecule has 0 saturated heterocycles. The average Bonchev–Trinajstić information content (AvgIpc) is 2.61. The molecule has 0 aliphatic carbocycles. The van der Waals surface area contributed by atoms with Gasteiger partial charge in [0, 0.05) is 5.69 Å². The van der Waals surface area contributed by atoms with Crippen molar-refractivity contribution in [1.29, 1.82) is 5.26 Å². The molecule has 0 saturated carbocycles. The number of nitrogens with zero attached hydrogens (tertiary/aromatic N) is 1. The fraction of sp³-hybridized carbons (Fsp3) is 0.167. The number of amides is 2. The van der Waals surface area contributed by atoms with Crippen molar-refractivity contribution in [1.82, 2.24) is 0 Å². The maximum absolute atomic E-state index is 12.0.